The number of nitrogens with one attached hydrogen (secondary N) is 2. The molecule has 1 atom stereocenters. The van der Waals surface area contributed by atoms with Crippen molar-refractivity contribution < 1.29 is 14.7 Å². The predicted octanol–water partition coefficient (Wildman–Crippen LogP) is 4.04. The maximum absolute atomic E-state index is 12.9. The van der Waals surface area contributed by atoms with Crippen LogP contribution in [0.1, 0.15) is 38.7 Å². The lowest BCUT2D eigenvalue weighted by atomic mass is 10.0. The number of fused-ring (bicyclic) bond motifs is 1. The maximum Gasteiger partial charge on any atom is 0.352 e. The number of carbonyl (C=O) groups is 2. The Labute approximate surface area is 174 Å². The smallest absolute Gasteiger partial charge is 0.352 e. The van der Waals surface area contributed by atoms with Crippen LogP contribution in [0.15, 0.2) is 60.4 Å². The fourth-order valence-corrected chi connectivity index (χ4v) is 3.41. The molecule has 2 aromatic carbocycles. The lowest BCUT2D eigenvalue weighted by Gasteiger charge is -2.24. The second-order valence-corrected chi connectivity index (χ2v) is 7.47. The zero-order chi connectivity index (χ0) is 21.4. The summed E-state index contributed by atoms with van der Waals surface area (Å²) < 4.78 is 1.63. The SMILES string of the molecule is Cc1ccc([C@@H]2C=C(C(=O)O)Nc3c(C(=O)Nc4ccc(C)c(C)c4)cnn32)cc1. The first-order chi connectivity index (χ1) is 14.3. The van der Waals surface area contributed by atoms with Crippen molar-refractivity contribution in [3.05, 3.63) is 88.3 Å². The molecule has 0 fully saturated rings. The van der Waals surface area contributed by atoms with Crippen LogP contribution >= 0.6 is 0 Å². The van der Waals surface area contributed by atoms with Crippen LogP contribution < -0.4 is 10.6 Å². The Bertz CT molecular complexity index is 1180. The molecule has 3 N–H and O–H groups in total. The summed E-state index contributed by atoms with van der Waals surface area (Å²) in [6.07, 6.45) is 3.05. The van der Waals surface area contributed by atoms with E-state index < -0.39 is 12.0 Å². The zero-order valence-corrected chi connectivity index (χ0v) is 16.9. The molecule has 30 heavy (non-hydrogen) atoms. The maximum atomic E-state index is 12.9. The number of nitrogens with zero attached hydrogens (tertiary/aromatic N) is 2. The first kappa shape index (κ1) is 19.4. The average molecular weight is 402 g/mol. The molecule has 2 heterocycles. The fraction of sp³-hybridized carbons (Fsp3) is 0.174. The standard InChI is InChI=1S/C23H22N4O3/c1-13-4-7-16(8-5-13)20-11-19(23(29)30)26-21-18(12-24-27(20)21)22(28)25-17-9-6-14(2)15(3)10-17/h4-12,20,26H,1-3H3,(H,25,28)(H,29,30)/t20-/m0/s1. The van der Waals surface area contributed by atoms with Crippen LogP contribution in [0.4, 0.5) is 11.5 Å². The van der Waals surface area contributed by atoms with E-state index in [0.717, 1.165) is 22.3 Å². The molecular weight excluding hydrogens is 380 g/mol. The van der Waals surface area contributed by atoms with Crippen LogP contribution in [0.25, 0.3) is 0 Å². The first-order valence-electron chi connectivity index (χ1n) is 9.58. The van der Waals surface area contributed by atoms with E-state index in [4.69, 9.17) is 0 Å². The minimum atomic E-state index is -1.10. The minimum Gasteiger partial charge on any atom is -0.477 e. The van der Waals surface area contributed by atoms with Gasteiger partial charge >= 0.3 is 5.97 Å². The quantitative estimate of drug-likeness (QED) is 0.612. The van der Waals surface area contributed by atoms with Gasteiger partial charge in [-0.1, -0.05) is 35.9 Å². The largest absolute Gasteiger partial charge is 0.477 e. The Balaban J connectivity index is 1.70. The van der Waals surface area contributed by atoms with E-state index in [1.165, 1.54) is 6.20 Å². The van der Waals surface area contributed by atoms with E-state index in [-0.39, 0.29) is 17.2 Å². The van der Waals surface area contributed by atoms with Gasteiger partial charge < -0.3 is 15.7 Å². The summed E-state index contributed by atoms with van der Waals surface area (Å²) >= 11 is 0. The van der Waals surface area contributed by atoms with Crippen LogP contribution in [-0.4, -0.2) is 26.8 Å². The van der Waals surface area contributed by atoms with Gasteiger partial charge in [0.15, 0.2) is 0 Å². The van der Waals surface area contributed by atoms with Crippen molar-refractivity contribution in [1.29, 1.82) is 0 Å². The topological polar surface area (TPSA) is 96.2 Å². The molecule has 0 aliphatic carbocycles. The molecule has 4 rings (SSSR count). The van der Waals surface area contributed by atoms with E-state index in [2.05, 4.69) is 15.7 Å². The number of allylic oxidation sites excluding steroid dienone is 1. The van der Waals surface area contributed by atoms with Crippen molar-refractivity contribution in [1.82, 2.24) is 9.78 Å². The van der Waals surface area contributed by atoms with Crippen LogP contribution in [0, 0.1) is 20.8 Å². The second-order valence-electron chi connectivity index (χ2n) is 7.47. The number of hydrogen-bond donors (Lipinski definition) is 3. The van der Waals surface area contributed by atoms with Crippen molar-refractivity contribution in [2.75, 3.05) is 10.6 Å². The number of aliphatic carboxylic acids is 1. The fourth-order valence-electron chi connectivity index (χ4n) is 3.41. The predicted molar refractivity (Wildman–Crippen MR) is 115 cm³/mol. The summed E-state index contributed by atoms with van der Waals surface area (Å²) in [6.45, 7) is 5.97. The van der Waals surface area contributed by atoms with E-state index >= 15 is 0 Å². The molecule has 152 valence electrons. The highest BCUT2D eigenvalue weighted by atomic mass is 16.4. The highest BCUT2D eigenvalue weighted by molar-refractivity contribution is 6.08. The molecule has 1 aliphatic heterocycles. The zero-order valence-electron chi connectivity index (χ0n) is 16.9. The Kier molecular flexibility index (Phi) is 4.87. The van der Waals surface area contributed by atoms with Gasteiger partial charge in [0.05, 0.1) is 12.2 Å². The highest BCUT2D eigenvalue weighted by Crippen LogP contribution is 2.32. The number of carbonyl (C=O) groups excluding carboxylic acids is 1. The first-order valence-corrected chi connectivity index (χ1v) is 9.58. The van der Waals surface area contributed by atoms with Crippen molar-refractivity contribution in [2.24, 2.45) is 0 Å². The number of rotatable bonds is 4. The van der Waals surface area contributed by atoms with Gasteiger partial charge in [-0.25, -0.2) is 9.48 Å². The summed E-state index contributed by atoms with van der Waals surface area (Å²) in [7, 11) is 0. The van der Waals surface area contributed by atoms with Crippen molar-refractivity contribution in [2.45, 2.75) is 26.8 Å². The van der Waals surface area contributed by atoms with Crippen molar-refractivity contribution in [3.8, 4) is 0 Å². The summed E-state index contributed by atoms with van der Waals surface area (Å²) in [5.41, 5.74) is 5.14. The molecular formula is C23H22N4O3. The minimum absolute atomic E-state index is 0.00815. The normalized spacial score (nSPS) is 15.0. The number of benzene rings is 2. The van der Waals surface area contributed by atoms with E-state index in [0.29, 0.717) is 11.5 Å². The van der Waals surface area contributed by atoms with Gasteiger partial charge in [0.25, 0.3) is 5.91 Å². The van der Waals surface area contributed by atoms with Gasteiger partial charge in [-0.15, -0.1) is 0 Å². The third-order valence-electron chi connectivity index (χ3n) is 5.30. The van der Waals surface area contributed by atoms with Crippen molar-refractivity contribution in [3.63, 3.8) is 0 Å². The molecule has 0 radical (unpaired) electrons. The Hall–Kier alpha value is -3.87. The summed E-state index contributed by atoms with van der Waals surface area (Å²) in [5, 5.41) is 19.7. The van der Waals surface area contributed by atoms with Crippen LogP contribution in [0.3, 0.4) is 0 Å². The summed E-state index contributed by atoms with van der Waals surface area (Å²) in [5.74, 6) is -1.11. The van der Waals surface area contributed by atoms with Crippen LogP contribution in [0.2, 0.25) is 0 Å². The Morgan fingerprint density at radius 1 is 1.07 bits per heavy atom. The highest BCUT2D eigenvalue weighted by Gasteiger charge is 2.29. The molecule has 1 aliphatic rings. The molecule has 1 amide bonds. The Morgan fingerprint density at radius 3 is 2.47 bits per heavy atom. The molecule has 7 heteroatoms. The number of amides is 1. The van der Waals surface area contributed by atoms with Gasteiger partial charge in [-0.05, 0) is 55.7 Å². The molecule has 7 nitrogen and oxygen atoms in total. The van der Waals surface area contributed by atoms with Gasteiger partial charge in [-0.2, -0.15) is 5.10 Å². The van der Waals surface area contributed by atoms with E-state index in [1.54, 1.807) is 10.8 Å². The van der Waals surface area contributed by atoms with E-state index in [1.807, 2.05) is 63.2 Å². The lowest BCUT2D eigenvalue weighted by Crippen LogP contribution is -2.25. The molecule has 0 saturated carbocycles. The monoisotopic (exact) mass is 402 g/mol. The van der Waals surface area contributed by atoms with Crippen LogP contribution in [0.5, 0.6) is 0 Å². The number of carboxylic acid groups (broad SMARTS) is 1. The summed E-state index contributed by atoms with van der Waals surface area (Å²) in [4.78, 5) is 24.6. The number of hydrogen-bond acceptors (Lipinski definition) is 4. The number of anilines is 2. The number of aryl methyl sites for hydroxylation is 3. The number of carboxylic acids is 1. The molecule has 0 unspecified atom stereocenters. The van der Waals surface area contributed by atoms with Gasteiger partial charge in [-0.3, -0.25) is 4.79 Å². The lowest BCUT2D eigenvalue weighted by molar-refractivity contribution is -0.132. The average Bonchev–Trinajstić information content (AvgIpc) is 3.15. The van der Waals surface area contributed by atoms with Gasteiger partial charge in [0, 0.05) is 5.69 Å². The molecule has 0 bridgehead atoms. The van der Waals surface area contributed by atoms with E-state index in [9.17, 15) is 14.7 Å². The third-order valence-corrected chi connectivity index (χ3v) is 5.30. The molecule has 0 saturated heterocycles. The summed E-state index contributed by atoms with van der Waals surface area (Å²) in [6, 6.07) is 13.0. The molecule has 3 aromatic rings. The number of aromatic nitrogens is 2. The third kappa shape index (κ3) is 3.57. The van der Waals surface area contributed by atoms with Crippen molar-refractivity contribution >= 4 is 23.4 Å². The Morgan fingerprint density at radius 2 is 1.80 bits per heavy atom. The molecule has 1 aromatic heterocycles. The van der Waals surface area contributed by atoms with Gasteiger partial charge in [0.2, 0.25) is 0 Å². The van der Waals surface area contributed by atoms with Crippen LogP contribution in [-0.2, 0) is 4.79 Å². The molecule has 0 spiro atoms. The van der Waals surface area contributed by atoms with Gasteiger partial charge in [0.1, 0.15) is 17.1 Å². The second kappa shape index (κ2) is 7.51.